The first kappa shape index (κ1) is 19.7. The van der Waals surface area contributed by atoms with Crippen molar-refractivity contribution in [2.24, 2.45) is 0 Å². The molecule has 1 amide bonds. The molecular formula is C24H23N7O2. The fourth-order valence-electron chi connectivity index (χ4n) is 5.00. The number of rotatable bonds is 3. The van der Waals surface area contributed by atoms with E-state index in [2.05, 4.69) is 30.9 Å². The molecule has 9 nitrogen and oxygen atoms in total. The molecule has 0 radical (unpaired) electrons. The van der Waals surface area contributed by atoms with Crippen molar-refractivity contribution >= 4 is 28.6 Å². The molecule has 4 aromatic rings. The maximum atomic E-state index is 13.2. The van der Waals surface area contributed by atoms with Gasteiger partial charge in [0.2, 0.25) is 0 Å². The van der Waals surface area contributed by atoms with Gasteiger partial charge in [0.15, 0.2) is 5.65 Å². The number of piperidine rings is 1. The predicted molar refractivity (Wildman–Crippen MR) is 125 cm³/mol. The molecule has 1 fully saturated rings. The molecule has 166 valence electrons. The maximum absolute atomic E-state index is 13.2. The summed E-state index contributed by atoms with van der Waals surface area (Å²) in [6.07, 6.45) is 5.60. The molecule has 9 heteroatoms. The molecule has 6 rings (SSSR count). The van der Waals surface area contributed by atoms with Crippen molar-refractivity contribution < 1.29 is 4.79 Å². The molecule has 5 heterocycles. The Morgan fingerprint density at radius 2 is 1.85 bits per heavy atom. The van der Waals surface area contributed by atoms with Gasteiger partial charge in [-0.25, -0.2) is 19.7 Å². The van der Waals surface area contributed by atoms with E-state index in [0.29, 0.717) is 17.9 Å². The number of amides is 1. The second kappa shape index (κ2) is 7.84. The summed E-state index contributed by atoms with van der Waals surface area (Å²) in [5.41, 5.74) is 3.88. The van der Waals surface area contributed by atoms with Crippen LogP contribution >= 0.6 is 0 Å². The number of imidazole rings is 1. The molecule has 0 bridgehead atoms. The number of fused-ring (bicyclic) bond motifs is 2. The molecule has 0 saturated carbocycles. The Bertz CT molecular complexity index is 1400. The SMILES string of the molecule is O=C(c1cc(N2CCC(n3c(=O)[nH]c4ncccc43)CC2)ncn1)N1CCc2ccccc21. The minimum Gasteiger partial charge on any atom is -0.356 e. The molecule has 0 spiro atoms. The quantitative estimate of drug-likeness (QED) is 0.525. The number of hydrogen-bond acceptors (Lipinski definition) is 6. The lowest BCUT2D eigenvalue weighted by Gasteiger charge is -2.33. The normalized spacial score (nSPS) is 16.4. The first-order chi connectivity index (χ1) is 16.2. The van der Waals surface area contributed by atoms with Gasteiger partial charge >= 0.3 is 5.69 Å². The molecule has 0 aliphatic carbocycles. The van der Waals surface area contributed by atoms with Gasteiger partial charge in [-0.15, -0.1) is 0 Å². The third-order valence-corrected chi connectivity index (χ3v) is 6.65. The largest absolute Gasteiger partial charge is 0.356 e. The molecule has 3 aromatic heterocycles. The minimum absolute atomic E-state index is 0.0933. The molecule has 1 saturated heterocycles. The first-order valence-corrected chi connectivity index (χ1v) is 11.2. The van der Waals surface area contributed by atoms with Crippen LogP contribution in [0.15, 0.2) is 59.8 Å². The minimum atomic E-state index is -0.122. The third kappa shape index (κ3) is 3.36. The van der Waals surface area contributed by atoms with E-state index >= 15 is 0 Å². The number of H-pyrrole nitrogens is 1. The Morgan fingerprint density at radius 1 is 1.00 bits per heavy atom. The van der Waals surface area contributed by atoms with Crippen LogP contribution in [-0.2, 0) is 6.42 Å². The number of para-hydroxylation sites is 1. The molecule has 0 unspecified atom stereocenters. The van der Waals surface area contributed by atoms with Crippen molar-refractivity contribution in [3.63, 3.8) is 0 Å². The fraction of sp³-hybridized carbons (Fsp3) is 0.292. The van der Waals surface area contributed by atoms with E-state index in [-0.39, 0.29) is 17.6 Å². The van der Waals surface area contributed by atoms with E-state index in [0.717, 1.165) is 49.4 Å². The summed E-state index contributed by atoms with van der Waals surface area (Å²) in [6.45, 7) is 2.14. The van der Waals surface area contributed by atoms with Crippen LogP contribution in [0.2, 0.25) is 0 Å². The number of nitrogens with zero attached hydrogens (tertiary/aromatic N) is 6. The third-order valence-electron chi connectivity index (χ3n) is 6.65. The second-order valence-electron chi connectivity index (χ2n) is 8.49. The van der Waals surface area contributed by atoms with Gasteiger partial charge in [-0.3, -0.25) is 14.3 Å². The van der Waals surface area contributed by atoms with Crippen molar-refractivity contribution in [1.82, 2.24) is 24.5 Å². The number of benzene rings is 1. The summed E-state index contributed by atoms with van der Waals surface area (Å²) in [7, 11) is 0. The molecule has 1 N–H and O–H groups in total. The Hall–Kier alpha value is -4.01. The van der Waals surface area contributed by atoms with Crippen LogP contribution in [0.3, 0.4) is 0 Å². The zero-order valence-electron chi connectivity index (χ0n) is 18.0. The zero-order chi connectivity index (χ0) is 22.4. The van der Waals surface area contributed by atoms with E-state index in [1.807, 2.05) is 34.9 Å². The summed E-state index contributed by atoms with van der Waals surface area (Å²) in [5, 5.41) is 0. The van der Waals surface area contributed by atoms with Gasteiger partial charge in [0.1, 0.15) is 17.8 Å². The van der Waals surface area contributed by atoms with Crippen LogP contribution in [0.25, 0.3) is 11.2 Å². The van der Waals surface area contributed by atoms with E-state index in [1.165, 1.54) is 11.9 Å². The highest BCUT2D eigenvalue weighted by atomic mass is 16.2. The van der Waals surface area contributed by atoms with Gasteiger partial charge in [0.05, 0.1) is 5.52 Å². The monoisotopic (exact) mass is 441 g/mol. The number of carbonyl (C=O) groups is 1. The molecular weight excluding hydrogens is 418 g/mol. The number of hydrogen-bond donors (Lipinski definition) is 1. The van der Waals surface area contributed by atoms with Crippen molar-refractivity contribution in [2.45, 2.75) is 25.3 Å². The topological polar surface area (TPSA) is 100 Å². The van der Waals surface area contributed by atoms with Crippen LogP contribution in [0.5, 0.6) is 0 Å². The lowest BCUT2D eigenvalue weighted by atomic mass is 10.0. The van der Waals surface area contributed by atoms with Crippen molar-refractivity contribution in [1.29, 1.82) is 0 Å². The van der Waals surface area contributed by atoms with E-state index in [9.17, 15) is 9.59 Å². The Kier molecular flexibility index (Phi) is 4.67. The Labute approximate surface area is 189 Å². The van der Waals surface area contributed by atoms with Crippen LogP contribution in [0.4, 0.5) is 11.5 Å². The van der Waals surface area contributed by atoms with E-state index < -0.39 is 0 Å². The van der Waals surface area contributed by atoms with Crippen LogP contribution in [0.1, 0.15) is 34.9 Å². The summed E-state index contributed by atoms with van der Waals surface area (Å²) in [4.78, 5) is 45.4. The average molecular weight is 441 g/mol. The summed E-state index contributed by atoms with van der Waals surface area (Å²) < 4.78 is 1.82. The Balaban J connectivity index is 1.20. The fourth-order valence-corrected chi connectivity index (χ4v) is 5.00. The number of nitrogens with one attached hydrogen (secondary N) is 1. The zero-order valence-corrected chi connectivity index (χ0v) is 18.0. The standard InChI is InChI=1S/C24H23N7O2/c32-23(30-13-7-16-4-1-2-5-19(16)30)18-14-21(27-15-26-18)29-11-8-17(9-12-29)31-20-6-3-10-25-22(20)28-24(31)33/h1-6,10,14-15,17H,7-9,11-13H2,(H,25,28,33). The number of carbonyl (C=O) groups excluding carboxylic acids is 1. The molecule has 0 atom stereocenters. The van der Waals surface area contributed by atoms with Gasteiger partial charge in [0.25, 0.3) is 5.91 Å². The van der Waals surface area contributed by atoms with Gasteiger partial charge in [-0.05, 0) is 43.0 Å². The average Bonchev–Trinajstić information content (AvgIpc) is 3.44. The van der Waals surface area contributed by atoms with Gasteiger partial charge in [0, 0.05) is 43.6 Å². The number of pyridine rings is 1. The van der Waals surface area contributed by atoms with E-state index in [1.54, 1.807) is 17.2 Å². The van der Waals surface area contributed by atoms with Crippen LogP contribution in [-0.4, -0.2) is 50.0 Å². The number of aromatic amines is 1. The van der Waals surface area contributed by atoms with Gasteiger partial charge < -0.3 is 9.80 Å². The van der Waals surface area contributed by atoms with Crippen molar-refractivity contribution in [2.75, 3.05) is 29.4 Å². The van der Waals surface area contributed by atoms with E-state index in [4.69, 9.17) is 0 Å². The summed E-state index contributed by atoms with van der Waals surface area (Å²) >= 11 is 0. The summed E-state index contributed by atoms with van der Waals surface area (Å²) in [5.74, 6) is 0.642. The van der Waals surface area contributed by atoms with Crippen molar-refractivity contribution in [3.8, 4) is 0 Å². The first-order valence-electron chi connectivity index (χ1n) is 11.2. The van der Waals surface area contributed by atoms with Crippen LogP contribution in [0, 0.1) is 0 Å². The Morgan fingerprint density at radius 3 is 2.73 bits per heavy atom. The van der Waals surface area contributed by atoms with Gasteiger partial charge in [-0.1, -0.05) is 18.2 Å². The lowest BCUT2D eigenvalue weighted by molar-refractivity contribution is 0.0984. The number of anilines is 2. The highest BCUT2D eigenvalue weighted by molar-refractivity contribution is 6.06. The smallest absolute Gasteiger partial charge is 0.327 e. The lowest BCUT2D eigenvalue weighted by Crippen LogP contribution is -2.37. The molecule has 2 aliphatic heterocycles. The van der Waals surface area contributed by atoms with Gasteiger partial charge in [-0.2, -0.15) is 0 Å². The predicted octanol–water partition coefficient (Wildman–Crippen LogP) is 2.56. The summed E-state index contributed by atoms with van der Waals surface area (Å²) in [6, 6.07) is 13.6. The van der Waals surface area contributed by atoms with Crippen LogP contribution < -0.4 is 15.5 Å². The molecule has 2 aliphatic rings. The highest BCUT2D eigenvalue weighted by Gasteiger charge is 2.28. The highest BCUT2D eigenvalue weighted by Crippen LogP contribution is 2.30. The molecule has 33 heavy (non-hydrogen) atoms. The molecule has 1 aromatic carbocycles. The second-order valence-corrected chi connectivity index (χ2v) is 8.49. The number of aromatic nitrogens is 5. The maximum Gasteiger partial charge on any atom is 0.327 e. The van der Waals surface area contributed by atoms with Crippen molar-refractivity contribution in [3.05, 3.63) is 76.7 Å².